The molecule has 1 aromatic carbocycles. The Morgan fingerprint density at radius 1 is 1.50 bits per heavy atom. The predicted octanol–water partition coefficient (Wildman–Crippen LogP) is 3.11. The van der Waals surface area contributed by atoms with Crippen molar-refractivity contribution in [2.45, 2.75) is 32.5 Å². The van der Waals surface area contributed by atoms with Crippen molar-refractivity contribution in [3.63, 3.8) is 0 Å². The molecular weight excluding hydrogens is 226 g/mol. The number of benzene rings is 1. The van der Waals surface area contributed by atoms with Crippen LogP contribution < -0.4 is 0 Å². The summed E-state index contributed by atoms with van der Waals surface area (Å²) in [6.07, 6.45) is -0.0988. The Morgan fingerprint density at radius 3 is 2.62 bits per heavy atom. The average molecular weight is 246 g/mol. The highest BCUT2D eigenvalue weighted by Crippen LogP contribution is 2.45. The highest BCUT2D eigenvalue weighted by atomic mass is 31.0. The van der Waals surface area contributed by atoms with E-state index in [1.165, 1.54) is 0 Å². The number of hydrogen-bond acceptors (Lipinski definition) is 2. The summed E-state index contributed by atoms with van der Waals surface area (Å²) in [7, 11) is 2.24. The van der Waals surface area contributed by atoms with E-state index < -0.39 is 5.60 Å². The van der Waals surface area contributed by atoms with Gasteiger partial charge in [-0.3, -0.25) is 0 Å². The first-order valence-corrected chi connectivity index (χ1v) is 5.75. The maximum atomic E-state index is 13.6. The van der Waals surface area contributed by atoms with Crippen LogP contribution in [0, 0.1) is 19.7 Å². The summed E-state index contributed by atoms with van der Waals surface area (Å²) in [6, 6.07) is 3.42. The molecular formula is C12H18FO2P. The third kappa shape index (κ3) is 1.77. The molecule has 3 atom stereocenters. The van der Waals surface area contributed by atoms with Crippen molar-refractivity contribution < 1.29 is 15.1 Å². The molecule has 0 N–H and O–H groups in total. The van der Waals surface area contributed by atoms with Crippen LogP contribution in [0.2, 0.25) is 0 Å². The van der Waals surface area contributed by atoms with Crippen molar-refractivity contribution in [3.05, 3.63) is 34.6 Å². The summed E-state index contributed by atoms with van der Waals surface area (Å²) in [5.41, 5.74) is 2.15. The molecule has 16 heavy (non-hydrogen) atoms. The van der Waals surface area contributed by atoms with Crippen LogP contribution in [0.3, 0.4) is 0 Å². The van der Waals surface area contributed by atoms with Gasteiger partial charge in [-0.15, -0.1) is 0 Å². The fraction of sp³-hybridized carbons (Fsp3) is 0.500. The number of rotatable bonds is 3. The quantitative estimate of drug-likeness (QED) is 0.603. The summed E-state index contributed by atoms with van der Waals surface area (Å²) in [5.74, 6) is -0.188. The second-order valence-corrected chi connectivity index (χ2v) is 4.64. The number of halogens is 1. The first kappa shape index (κ1) is 12.0. The number of ether oxygens (including phenoxy) is 1. The topological polar surface area (TPSA) is 21.8 Å². The van der Waals surface area contributed by atoms with Crippen molar-refractivity contribution in [2.75, 3.05) is 6.61 Å². The van der Waals surface area contributed by atoms with Crippen molar-refractivity contribution >= 4 is 9.47 Å². The van der Waals surface area contributed by atoms with Crippen LogP contribution in [0.1, 0.15) is 25.0 Å². The second-order valence-electron chi connectivity index (χ2n) is 4.37. The first-order valence-electron chi connectivity index (χ1n) is 5.28. The normalized spacial score (nSPS) is 25.6. The molecule has 90 valence electrons. The van der Waals surface area contributed by atoms with E-state index in [4.69, 9.17) is 9.26 Å². The molecule has 0 radical (unpaired) electrons. The lowest BCUT2D eigenvalue weighted by atomic mass is 9.90. The highest BCUT2D eigenvalue weighted by Gasteiger charge is 2.52. The van der Waals surface area contributed by atoms with E-state index in [0.717, 1.165) is 11.1 Å². The molecule has 1 heterocycles. The Morgan fingerprint density at radius 2 is 2.12 bits per heavy atom. The minimum Gasteiger partial charge on any atom is -0.362 e. The van der Waals surface area contributed by atoms with E-state index in [-0.39, 0.29) is 13.3 Å². The molecule has 2 rings (SSSR count). The van der Waals surface area contributed by atoms with Gasteiger partial charge in [-0.2, -0.15) is 0 Å². The lowest BCUT2D eigenvalue weighted by molar-refractivity contribution is 0.129. The molecule has 0 spiro atoms. The molecule has 1 saturated heterocycles. The summed E-state index contributed by atoms with van der Waals surface area (Å²) in [4.78, 5) is 0. The van der Waals surface area contributed by atoms with Crippen molar-refractivity contribution in [1.82, 2.24) is 0 Å². The van der Waals surface area contributed by atoms with Crippen LogP contribution in [0.4, 0.5) is 4.39 Å². The molecule has 4 heteroatoms. The summed E-state index contributed by atoms with van der Waals surface area (Å²) in [5, 5.41) is 0. The van der Waals surface area contributed by atoms with Gasteiger partial charge in [0.25, 0.3) is 0 Å². The van der Waals surface area contributed by atoms with Gasteiger partial charge in [-0.05, 0) is 43.5 Å². The number of aryl methyl sites for hydroxylation is 2. The molecule has 2 unspecified atom stereocenters. The molecule has 0 saturated carbocycles. The molecule has 1 aliphatic rings. The van der Waals surface area contributed by atoms with Crippen LogP contribution in [0.25, 0.3) is 0 Å². The molecule has 1 aromatic rings. The third-order valence-electron chi connectivity index (χ3n) is 3.28. The molecule has 0 amide bonds. The first-order chi connectivity index (χ1) is 7.51. The molecule has 0 aromatic heterocycles. The Labute approximate surface area is 98.9 Å². The molecule has 2 nitrogen and oxygen atoms in total. The Kier molecular flexibility index (Phi) is 3.04. The fourth-order valence-electron chi connectivity index (χ4n) is 2.08. The van der Waals surface area contributed by atoms with Gasteiger partial charge in [0.15, 0.2) is 0 Å². The van der Waals surface area contributed by atoms with Gasteiger partial charge < -0.3 is 9.26 Å². The summed E-state index contributed by atoms with van der Waals surface area (Å²) < 4.78 is 24.3. The van der Waals surface area contributed by atoms with Crippen molar-refractivity contribution in [1.29, 1.82) is 0 Å². The van der Waals surface area contributed by atoms with Gasteiger partial charge in [0.05, 0.1) is 12.7 Å². The maximum absolute atomic E-state index is 13.6. The average Bonchev–Trinajstić information content (AvgIpc) is 3.03. The van der Waals surface area contributed by atoms with Crippen molar-refractivity contribution in [2.24, 2.45) is 0 Å². The molecule has 1 fully saturated rings. The van der Waals surface area contributed by atoms with E-state index in [2.05, 4.69) is 9.47 Å². The zero-order chi connectivity index (χ0) is 11.9. The highest BCUT2D eigenvalue weighted by molar-refractivity contribution is 7.09. The number of epoxide rings is 1. The lowest BCUT2D eigenvalue weighted by Gasteiger charge is -2.21. The maximum Gasteiger partial charge on any atom is 0.143 e. The monoisotopic (exact) mass is 246 g/mol. The predicted molar refractivity (Wildman–Crippen MR) is 65.9 cm³/mol. The Balaban J connectivity index is 0.00000144. The largest absolute Gasteiger partial charge is 0.362 e. The van der Waals surface area contributed by atoms with E-state index in [9.17, 15) is 4.39 Å². The van der Waals surface area contributed by atoms with Gasteiger partial charge in [-0.25, -0.2) is 4.39 Å². The molecule has 1 aliphatic heterocycles. The van der Waals surface area contributed by atoms with E-state index >= 15 is 0 Å². The SMILES string of the molecule is Cc1cc(C)c(C2([C@@H](C)OP)CO2)cc1F.[3HH]. The Hall–Kier alpha value is -0.500. The van der Waals surface area contributed by atoms with Gasteiger partial charge >= 0.3 is 0 Å². The van der Waals surface area contributed by atoms with E-state index in [0.29, 0.717) is 12.2 Å². The van der Waals surface area contributed by atoms with Gasteiger partial charge in [0.2, 0.25) is 0 Å². The molecule has 0 aliphatic carbocycles. The standard InChI is InChI=1S/C12H16FO2P.H2/c1-7-4-8(2)11(13)5-10(7)12(6-14-12)9(3)15-16;/h4-5,9H,6,16H2,1-3H3;1H/t9-,12?;/m1./s1/i;1+2. The summed E-state index contributed by atoms with van der Waals surface area (Å²) >= 11 is 0. The van der Waals surface area contributed by atoms with Gasteiger partial charge in [0.1, 0.15) is 11.4 Å². The van der Waals surface area contributed by atoms with Crippen LogP contribution in [-0.2, 0) is 14.9 Å². The minimum atomic E-state index is -0.458. The van der Waals surface area contributed by atoms with Gasteiger partial charge in [-0.1, -0.05) is 6.07 Å². The van der Waals surface area contributed by atoms with Crippen LogP contribution in [-0.4, -0.2) is 12.7 Å². The van der Waals surface area contributed by atoms with E-state index in [1.54, 1.807) is 13.0 Å². The van der Waals surface area contributed by atoms with Crippen LogP contribution >= 0.6 is 9.47 Å². The molecule has 0 bridgehead atoms. The minimum absolute atomic E-state index is 0. The fourth-order valence-corrected chi connectivity index (χ4v) is 2.30. The zero-order valence-electron chi connectivity index (χ0n) is 9.71. The van der Waals surface area contributed by atoms with E-state index in [1.807, 2.05) is 19.9 Å². The lowest BCUT2D eigenvalue weighted by Crippen LogP contribution is -2.26. The van der Waals surface area contributed by atoms with Crippen molar-refractivity contribution in [3.8, 4) is 0 Å². The zero-order valence-corrected chi connectivity index (χ0v) is 10.9. The summed E-state index contributed by atoms with van der Waals surface area (Å²) in [6.45, 7) is 6.26. The van der Waals surface area contributed by atoms with Crippen LogP contribution in [0.15, 0.2) is 12.1 Å². The van der Waals surface area contributed by atoms with Gasteiger partial charge in [0, 0.05) is 10.9 Å². The smallest absolute Gasteiger partial charge is 0.143 e. The Bertz CT molecular complexity index is 421. The second kappa shape index (κ2) is 4.06. The van der Waals surface area contributed by atoms with Crippen LogP contribution in [0.5, 0.6) is 0 Å². The number of hydrogen-bond donors (Lipinski definition) is 0. The third-order valence-corrected chi connectivity index (χ3v) is 3.69.